The fourth-order valence-electron chi connectivity index (χ4n) is 2.56. The average Bonchev–Trinajstić information content (AvgIpc) is 2.91. The molecule has 0 saturated heterocycles. The van der Waals surface area contributed by atoms with Crippen LogP contribution in [0.2, 0.25) is 0 Å². The highest BCUT2D eigenvalue weighted by Crippen LogP contribution is 2.24. The molecule has 1 heteroatoms. The Morgan fingerprint density at radius 3 is 2.57 bits per heavy atom. The minimum absolute atomic E-state index is 0.722. The Hall–Kier alpha value is -1.00. The highest BCUT2D eigenvalue weighted by atomic mass is 32.1. The van der Waals surface area contributed by atoms with E-state index in [-0.39, 0.29) is 0 Å². The minimum atomic E-state index is 0.722. The van der Waals surface area contributed by atoms with Gasteiger partial charge in [-0.25, -0.2) is 0 Å². The lowest BCUT2D eigenvalue weighted by Crippen LogP contribution is -1.97. The monoisotopic (exact) mass is 302 g/mol. The van der Waals surface area contributed by atoms with Crippen LogP contribution >= 0.6 is 11.3 Å². The molecule has 1 aromatic heterocycles. The minimum Gasteiger partial charge on any atom is -0.127 e. The molecule has 0 radical (unpaired) electrons. The van der Waals surface area contributed by atoms with Crippen molar-refractivity contribution in [2.45, 2.75) is 72.6 Å². The van der Waals surface area contributed by atoms with Crippen LogP contribution in [0.5, 0.6) is 0 Å². The number of thiophene rings is 1. The molecule has 0 aliphatic carbocycles. The third kappa shape index (κ3) is 7.00. The molecule has 0 spiro atoms. The molecule has 0 N–H and O–H groups in total. The fraction of sp³-hybridized carbons (Fsp3) is 0.600. The van der Waals surface area contributed by atoms with Gasteiger partial charge in [-0.2, -0.15) is 0 Å². The molecule has 1 aromatic rings. The van der Waals surface area contributed by atoms with E-state index < -0.39 is 0 Å². The SMILES string of the molecule is CCCCCCC#Cc1ccc(C=C(C)C(CC)CC)s1. The molecular formula is C20H30S. The van der Waals surface area contributed by atoms with Crippen LogP contribution in [0.1, 0.15) is 82.4 Å². The second kappa shape index (κ2) is 10.7. The Morgan fingerprint density at radius 2 is 1.90 bits per heavy atom. The standard InChI is InChI=1S/C20H30S/c1-5-8-9-10-11-12-13-19-14-15-20(21-19)16-17(4)18(6-2)7-3/h14-16,18H,5-11H2,1-4H3. The zero-order chi connectivity index (χ0) is 15.5. The number of unbranched alkanes of at least 4 members (excludes halogenated alkanes) is 4. The molecule has 0 atom stereocenters. The second-order valence-corrected chi connectivity index (χ2v) is 6.83. The summed E-state index contributed by atoms with van der Waals surface area (Å²) in [5.41, 5.74) is 1.50. The molecule has 1 heterocycles. The molecular weight excluding hydrogens is 272 g/mol. The van der Waals surface area contributed by atoms with Crippen LogP contribution in [0, 0.1) is 17.8 Å². The summed E-state index contributed by atoms with van der Waals surface area (Å²) in [6, 6.07) is 4.37. The summed E-state index contributed by atoms with van der Waals surface area (Å²) in [7, 11) is 0. The molecule has 116 valence electrons. The second-order valence-electron chi connectivity index (χ2n) is 5.72. The van der Waals surface area contributed by atoms with Crippen molar-refractivity contribution in [1.29, 1.82) is 0 Å². The van der Waals surface area contributed by atoms with Crippen LogP contribution in [0.3, 0.4) is 0 Å². The van der Waals surface area contributed by atoms with Crippen LogP contribution < -0.4 is 0 Å². The Morgan fingerprint density at radius 1 is 1.14 bits per heavy atom. The van der Waals surface area contributed by atoms with Crippen molar-refractivity contribution in [2.75, 3.05) is 0 Å². The summed E-state index contributed by atoms with van der Waals surface area (Å²) in [5.74, 6) is 7.35. The number of rotatable bonds is 8. The molecule has 1 rings (SSSR count). The summed E-state index contributed by atoms with van der Waals surface area (Å²) < 4.78 is 0. The van der Waals surface area contributed by atoms with Crippen LogP contribution in [0.15, 0.2) is 17.7 Å². The van der Waals surface area contributed by atoms with Crippen molar-refractivity contribution in [2.24, 2.45) is 5.92 Å². The van der Waals surface area contributed by atoms with Gasteiger partial charge in [-0.3, -0.25) is 0 Å². The number of hydrogen-bond donors (Lipinski definition) is 0. The Labute approximate surface area is 135 Å². The maximum atomic E-state index is 3.31. The lowest BCUT2D eigenvalue weighted by molar-refractivity contribution is 0.575. The Kier molecular flexibility index (Phi) is 9.19. The first-order valence-electron chi connectivity index (χ1n) is 8.48. The average molecular weight is 303 g/mol. The van der Waals surface area contributed by atoms with E-state index >= 15 is 0 Å². The zero-order valence-corrected chi connectivity index (χ0v) is 15.0. The molecule has 0 unspecified atom stereocenters. The van der Waals surface area contributed by atoms with E-state index in [0.29, 0.717) is 0 Å². The Balaban J connectivity index is 2.53. The Bertz CT molecular complexity index is 477. The van der Waals surface area contributed by atoms with Crippen molar-refractivity contribution in [1.82, 2.24) is 0 Å². The van der Waals surface area contributed by atoms with Gasteiger partial charge in [0.2, 0.25) is 0 Å². The first-order chi connectivity index (χ1) is 10.2. The molecule has 0 fully saturated rings. The number of allylic oxidation sites excluding steroid dienone is 1. The van der Waals surface area contributed by atoms with Gasteiger partial charge in [-0.15, -0.1) is 11.3 Å². The van der Waals surface area contributed by atoms with Crippen molar-refractivity contribution >= 4 is 17.4 Å². The lowest BCUT2D eigenvalue weighted by Gasteiger charge is -2.12. The molecule has 21 heavy (non-hydrogen) atoms. The molecule has 0 bridgehead atoms. The predicted octanol–water partition coefficient (Wildman–Crippen LogP) is 6.91. The molecule has 0 amide bonds. The predicted molar refractivity (Wildman–Crippen MR) is 97.7 cm³/mol. The van der Waals surface area contributed by atoms with Gasteiger partial charge in [0.1, 0.15) is 0 Å². The zero-order valence-electron chi connectivity index (χ0n) is 14.2. The van der Waals surface area contributed by atoms with Gasteiger partial charge in [0, 0.05) is 11.3 Å². The third-order valence-electron chi connectivity index (χ3n) is 3.99. The van der Waals surface area contributed by atoms with Crippen LogP contribution in [0.25, 0.3) is 6.08 Å². The molecule has 0 aliphatic heterocycles. The summed E-state index contributed by atoms with van der Waals surface area (Å²) >= 11 is 1.82. The fourth-order valence-corrected chi connectivity index (χ4v) is 3.46. The highest BCUT2D eigenvalue weighted by Gasteiger charge is 2.05. The smallest absolute Gasteiger partial charge is 0.0774 e. The molecule has 0 aliphatic rings. The first-order valence-corrected chi connectivity index (χ1v) is 9.29. The largest absolute Gasteiger partial charge is 0.127 e. The van der Waals surface area contributed by atoms with Crippen molar-refractivity contribution < 1.29 is 0 Å². The van der Waals surface area contributed by atoms with Gasteiger partial charge >= 0.3 is 0 Å². The van der Waals surface area contributed by atoms with Gasteiger partial charge in [0.15, 0.2) is 0 Å². The third-order valence-corrected chi connectivity index (χ3v) is 4.94. The van der Waals surface area contributed by atoms with E-state index in [0.717, 1.165) is 12.3 Å². The van der Waals surface area contributed by atoms with E-state index in [1.807, 2.05) is 11.3 Å². The lowest BCUT2D eigenvalue weighted by atomic mass is 9.94. The van der Waals surface area contributed by atoms with Gasteiger partial charge in [-0.05, 0) is 50.3 Å². The normalized spacial score (nSPS) is 11.6. The van der Waals surface area contributed by atoms with Gasteiger partial charge in [0.25, 0.3) is 0 Å². The summed E-state index contributed by atoms with van der Waals surface area (Å²) in [5, 5.41) is 0. The van der Waals surface area contributed by atoms with E-state index in [2.05, 4.69) is 57.7 Å². The maximum absolute atomic E-state index is 3.31. The summed E-state index contributed by atoms with van der Waals surface area (Å²) in [4.78, 5) is 2.55. The van der Waals surface area contributed by atoms with E-state index in [1.54, 1.807) is 0 Å². The van der Waals surface area contributed by atoms with E-state index in [9.17, 15) is 0 Å². The maximum Gasteiger partial charge on any atom is 0.0774 e. The number of hydrogen-bond acceptors (Lipinski definition) is 1. The topological polar surface area (TPSA) is 0 Å². The van der Waals surface area contributed by atoms with Gasteiger partial charge in [0.05, 0.1) is 4.88 Å². The highest BCUT2D eigenvalue weighted by molar-refractivity contribution is 7.13. The molecule has 0 saturated carbocycles. The van der Waals surface area contributed by atoms with E-state index in [4.69, 9.17) is 0 Å². The molecule has 0 aromatic carbocycles. The summed E-state index contributed by atoms with van der Waals surface area (Å²) in [6.45, 7) is 9.05. The van der Waals surface area contributed by atoms with Gasteiger partial charge < -0.3 is 0 Å². The summed E-state index contributed by atoms with van der Waals surface area (Å²) in [6.07, 6.45) is 11.0. The quantitative estimate of drug-likeness (QED) is 0.361. The molecule has 0 nitrogen and oxygen atoms in total. The van der Waals surface area contributed by atoms with Crippen LogP contribution in [-0.2, 0) is 0 Å². The van der Waals surface area contributed by atoms with Crippen LogP contribution in [0.4, 0.5) is 0 Å². The van der Waals surface area contributed by atoms with E-state index in [1.165, 1.54) is 53.9 Å². The van der Waals surface area contributed by atoms with Crippen LogP contribution in [-0.4, -0.2) is 0 Å². The van der Waals surface area contributed by atoms with Crippen molar-refractivity contribution in [3.05, 3.63) is 27.5 Å². The van der Waals surface area contributed by atoms with Crippen molar-refractivity contribution in [3.63, 3.8) is 0 Å². The first kappa shape index (κ1) is 18.1. The van der Waals surface area contributed by atoms with Gasteiger partial charge in [-0.1, -0.05) is 57.4 Å². The van der Waals surface area contributed by atoms with Crippen molar-refractivity contribution in [3.8, 4) is 11.8 Å².